The number of halogens is 1. The first-order chi connectivity index (χ1) is 8.29. The van der Waals surface area contributed by atoms with Crippen LogP contribution in [0.2, 0.25) is 0 Å². The molecule has 3 heterocycles. The molecule has 0 bridgehead atoms. The Bertz CT molecular complexity index is 674. The number of methoxy groups -OCH3 is 1. The second-order valence-electron chi connectivity index (χ2n) is 3.39. The van der Waals surface area contributed by atoms with E-state index in [-0.39, 0.29) is 0 Å². The molecule has 3 rings (SSSR count). The van der Waals surface area contributed by atoms with Gasteiger partial charge in [0.25, 0.3) is 0 Å². The molecule has 6 heteroatoms. The highest BCUT2D eigenvalue weighted by atomic mass is 79.9. The van der Waals surface area contributed by atoms with Crippen molar-refractivity contribution < 1.29 is 9.15 Å². The molecular weight excluding hydrogens is 286 g/mol. The van der Waals surface area contributed by atoms with Crippen molar-refractivity contribution in [1.82, 2.24) is 14.6 Å². The minimum atomic E-state index is 0.614. The second-order valence-corrected chi connectivity index (χ2v) is 4.17. The predicted molar refractivity (Wildman–Crippen MR) is 64.9 cm³/mol. The Kier molecular flexibility index (Phi) is 2.36. The number of fused-ring (bicyclic) bond motifs is 1. The summed E-state index contributed by atoms with van der Waals surface area (Å²) < 4.78 is 13.2. The Balaban J connectivity index is 2.30. The smallest absolute Gasteiger partial charge is 0.207 e. The summed E-state index contributed by atoms with van der Waals surface area (Å²) in [7, 11) is 1.61. The number of hydrogen-bond donors (Lipinski definition) is 0. The van der Waals surface area contributed by atoms with Crippen LogP contribution in [0.4, 0.5) is 0 Å². The molecule has 0 radical (unpaired) electrons. The molecule has 0 aromatic carbocycles. The number of nitrogens with zero attached hydrogens (tertiary/aromatic N) is 3. The summed E-state index contributed by atoms with van der Waals surface area (Å²) in [6.07, 6.45) is 0. The summed E-state index contributed by atoms with van der Waals surface area (Å²) in [5, 5.41) is 8.18. The quantitative estimate of drug-likeness (QED) is 0.729. The summed E-state index contributed by atoms with van der Waals surface area (Å²) in [5.74, 6) is 1.91. The van der Waals surface area contributed by atoms with Crippen molar-refractivity contribution in [2.45, 2.75) is 0 Å². The summed E-state index contributed by atoms with van der Waals surface area (Å²) in [6, 6.07) is 9.21. The Morgan fingerprint density at radius 2 is 2.12 bits per heavy atom. The lowest BCUT2D eigenvalue weighted by Crippen LogP contribution is -1.95. The molecule has 0 N–H and O–H groups in total. The van der Waals surface area contributed by atoms with Gasteiger partial charge in [-0.3, -0.25) is 0 Å². The third kappa shape index (κ3) is 1.61. The highest BCUT2D eigenvalue weighted by molar-refractivity contribution is 9.10. The van der Waals surface area contributed by atoms with E-state index >= 15 is 0 Å². The Morgan fingerprint density at radius 1 is 1.24 bits per heavy atom. The van der Waals surface area contributed by atoms with Gasteiger partial charge in [-0.1, -0.05) is 6.07 Å². The van der Waals surface area contributed by atoms with Crippen molar-refractivity contribution in [2.24, 2.45) is 0 Å². The first-order valence-corrected chi connectivity index (χ1v) is 5.73. The van der Waals surface area contributed by atoms with Gasteiger partial charge in [0.1, 0.15) is 0 Å². The van der Waals surface area contributed by atoms with Gasteiger partial charge in [0.15, 0.2) is 16.1 Å². The van der Waals surface area contributed by atoms with E-state index in [2.05, 4.69) is 26.1 Å². The van der Waals surface area contributed by atoms with E-state index < -0.39 is 0 Å². The molecule has 0 unspecified atom stereocenters. The van der Waals surface area contributed by atoms with Crippen LogP contribution in [0.1, 0.15) is 0 Å². The van der Waals surface area contributed by atoms with Gasteiger partial charge >= 0.3 is 0 Å². The number of rotatable bonds is 2. The molecule has 0 saturated carbocycles. The van der Waals surface area contributed by atoms with Gasteiger partial charge in [-0.05, 0) is 40.2 Å². The van der Waals surface area contributed by atoms with E-state index in [9.17, 15) is 0 Å². The van der Waals surface area contributed by atoms with Crippen LogP contribution in [0.3, 0.4) is 0 Å². The molecule has 0 aliphatic heterocycles. The van der Waals surface area contributed by atoms with Crippen molar-refractivity contribution in [3.63, 3.8) is 0 Å². The molecule has 0 spiro atoms. The Morgan fingerprint density at radius 3 is 2.82 bits per heavy atom. The van der Waals surface area contributed by atoms with Crippen LogP contribution in [0.5, 0.6) is 5.88 Å². The molecule has 3 aromatic rings. The molecule has 0 aliphatic rings. The zero-order valence-corrected chi connectivity index (χ0v) is 10.5. The summed E-state index contributed by atoms with van der Waals surface area (Å²) in [4.78, 5) is 0. The van der Waals surface area contributed by atoms with Gasteiger partial charge in [0.2, 0.25) is 11.7 Å². The van der Waals surface area contributed by atoms with Crippen molar-refractivity contribution >= 4 is 21.6 Å². The lowest BCUT2D eigenvalue weighted by Gasteiger charge is -2.03. The molecule has 5 nitrogen and oxygen atoms in total. The fourth-order valence-corrected chi connectivity index (χ4v) is 1.97. The molecule has 17 heavy (non-hydrogen) atoms. The second kappa shape index (κ2) is 3.89. The molecular formula is C11H8BrN3O2. The Labute approximate surface area is 105 Å². The normalized spacial score (nSPS) is 10.9. The van der Waals surface area contributed by atoms with Gasteiger partial charge in [0.05, 0.1) is 7.11 Å². The Hall–Kier alpha value is -1.82. The summed E-state index contributed by atoms with van der Waals surface area (Å²) in [6.45, 7) is 0. The average molecular weight is 294 g/mol. The number of aromatic nitrogens is 3. The van der Waals surface area contributed by atoms with Crippen molar-refractivity contribution in [3.05, 3.63) is 35.0 Å². The molecule has 0 atom stereocenters. The number of furan rings is 1. The van der Waals surface area contributed by atoms with Crippen LogP contribution in [0, 0.1) is 0 Å². The SMILES string of the molecule is COc1cccc2nnc(-c3ccc(Br)o3)n12. The van der Waals surface area contributed by atoms with E-state index in [1.165, 1.54) is 0 Å². The molecule has 0 aliphatic carbocycles. The average Bonchev–Trinajstić information content (AvgIpc) is 2.94. The summed E-state index contributed by atoms with van der Waals surface area (Å²) in [5.41, 5.74) is 0.715. The van der Waals surface area contributed by atoms with Crippen LogP contribution in [-0.4, -0.2) is 21.7 Å². The van der Waals surface area contributed by atoms with E-state index in [0.717, 1.165) is 0 Å². The molecule has 0 amide bonds. The van der Waals surface area contributed by atoms with Crippen LogP contribution >= 0.6 is 15.9 Å². The number of ether oxygens (including phenoxy) is 1. The van der Waals surface area contributed by atoms with Crippen LogP contribution in [0.25, 0.3) is 17.2 Å². The molecule has 0 saturated heterocycles. The van der Waals surface area contributed by atoms with Gasteiger partial charge in [-0.25, -0.2) is 4.40 Å². The maximum Gasteiger partial charge on any atom is 0.207 e. The molecule has 86 valence electrons. The van der Waals surface area contributed by atoms with Crippen LogP contribution in [-0.2, 0) is 0 Å². The standard InChI is InChI=1S/C11H8BrN3O2/c1-16-10-4-2-3-9-13-14-11(15(9)10)7-5-6-8(12)17-7/h2-6H,1H3. The zero-order valence-electron chi connectivity index (χ0n) is 8.92. The van der Waals surface area contributed by atoms with Crippen molar-refractivity contribution in [1.29, 1.82) is 0 Å². The van der Waals surface area contributed by atoms with Gasteiger partial charge < -0.3 is 9.15 Å². The topological polar surface area (TPSA) is 52.6 Å². The first-order valence-electron chi connectivity index (χ1n) is 4.93. The summed E-state index contributed by atoms with van der Waals surface area (Å²) >= 11 is 3.26. The maximum absolute atomic E-state index is 5.47. The minimum Gasteiger partial charge on any atom is -0.482 e. The monoisotopic (exact) mass is 293 g/mol. The van der Waals surface area contributed by atoms with E-state index in [1.807, 2.05) is 30.3 Å². The largest absolute Gasteiger partial charge is 0.482 e. The van der Waals surface area contributed by atoms with Crippen LogP contribution in [0.15, 0.2) is 39.4 Å². The molecule has 0 fully saturated rings. The third-order valence-electron chi connectivity index (χ3n) is 2.40. The van der Waals surface area contributed by atoms with Gasteiger partial charge in [-0.2, -0.15) is 0 Å². The lowest BCUT2D eigenvalue weighted by atomic mass is 10.4. The molecule has 3 aromatic heterocycles. The van der Waals surface area contributed by atoms with Crippen molar-refractivity contribution in [3.8, 4) is 17.5 Å². The highest BCUT2D eigenvalue weighted by Gasteiger charge is 2.14. The van der Waals surface area contributed by atoms with Gasteiger partial charge in [-0.15, -0.1) is 10.2 Å². The zero-order chi connectivity index (χ0) is 11.8. The van der Waals surface area contributed by atoms with E-state index in [1.54, 1.807) is 11.5 Å². The van der Waals surface area contributed by atoms with Gasteiger partial charge in [0, 0.05) is 0 Å². The fourth-order valence-electron chi connectivity index (χ4n) is 1.67. The maximum atomic E-state index is 5.47. The first kappa shape index (κ1) is 10.3. The lowest BCUT2D eigenvalue weighted by molar-refractivity contribution is 0.392. The third-order valence-corrected chi connectivity index (χ3v) is 2.82. The van der Waals surface area contributed by atoms with Crippen molar-refractivity contribution in [2.75, 3.05) is 7.11 Å². The fraction of sp³-hybridized carbons (Fsp3) is 0.0909. The van der Waals surface area contributed by atoms with E-state index in [4.69, 9.17) is 9.15 Å². The van der Waals surface area contributed by atoms with Crippen LogP contribution < -0.4 is 4.74 Å². The predicted octanol–water partition coefficient (Wildman–Crippen LogP) is 2.76. The minimum absolute atomic E-state index is 0.614. The number of pyridine rings is 1. The highest BCUT2D eigenvalue weighted by Crippen LogP contribution is 2.26. The van der Waals surface area contributed by atoms with E-state index in [0.29, 0.717) is 27.8 Å². The number of hydrogen-bond acceptors (Lipinski definition) is 4.